The summed E-state index contributed by atoms with van der Waals surface area (Å²) in [5, 5.41) is 9.23. The summed E-state index contributed by atoms with van der Waals surface area (Å²) in [6.07, 6.45) is -0.0245. The van der Waals surface area contributed by atoms with Crippen molar-refractivity contribution in [1.82, 2.24) is 25.5 Å². The minimum atomic E-state index is -4.50. The first-order valence-corrected chi connectivity index (χ1v) is 10.7. The smallest absolute Gasteiger partial charge is 0.355 e. The van der Waals surface area contributed by atoms with Gasteiger partial charge in [-0.25, -0.2) is 9.97 Å². The highest BCUT2D eigenvalue weighted by atomic mass is 127. The van der Waals surface area contributed by atoms with Gasteiger partial charge in [0.15, 0.2) is 5.96 Å². The Bertz CT molecular complexity index is 736. The van der Waals surface area contributed by atoms with E-state index in [0.29, 0.717) is 19.0 Å². The second kappa shape index (κ2) is 13.6. The van der Waals surface area contributed by atoms with Gasteiger partial charge < -0.3 is 20.9 Å². The summed E-state index contributed by atoms with van der Waals surface area (Å²) in [5.41, 5.74) is -0.982. The summed E-state index contributed by atoms with van der Waals surface area (Å²) >= 11 is 0. The summed E-state index contributed by atoms with van der Waals surface area (Å²) < 4.78 is 38.1. The standard InChI is InChI=1S/C20H32F3N7O.HI/c1-4-14(5-2)17(31)30-12-7-15(8-13-30)28-18(24-3)26-10-11-27-19-25-9-6-16(29-19)20(21,22)23;/h6,9,14-15H,4-5,7-8,10-13H2,1-3H3,(H2,24,26,28)(H,25,27,29);1H. The van der Waals surface area contributed by atoms with Gasteiger partial charge in [0, 0.05) is 51.4 Å². The third kappa shape index (κ3) is 8.58. The van der Waals surface area contributed by atoms with Crippen LogP contribution >= 0.6 is 24.0 Å². The second-order valence-corrected chi connectivity index (χ2v) is 7.45. The van der Waals surface area contributed by atoms with Crippen molar-refractivity contribution in [3.05, 3.63) is 18.0 Å². The Labute approximate surface area is 204 Å². The monoisotopic (exact) mass is 571 g/mol. The molecule has 0 spiro atoms. The first kappa shape index (κ1) is 28.2. The molecule has 0 unspecified atom stereocenters. The van der Waals surface area contributed by atoms with Gasteiger partial charge in [-0.2, -0.15) is 13.2 Å². The number of guanidine groups is 1. The number of halogens is 4. The minimum Gasteiger partial charge on any atom is -0.355 e. The first-order valence-electron chi connectivity index (χ1n) is 10.7. The molecule has 3 N–H and O–H groups in total. The molecule has 12 heteroatoms. The zero-order valence-electron chi connectivity index (χ0n) is 18.7. The highest BCUT2D eigenvalue weighted by Gasteiger charge is 2.32. The van der Waals surface area contributed by atoms with Crippen LogP contribution in [0, 0.1) is 5.92 Å². The van der Waals surface area contributed by atoms with Crippen LogP contribution in [0.1, 0.15) is 45.2 Å². The van der Waals surface area contributed by atoms with Crippen molar-refractivity contribution in [3.8, 4) is 0 Å². The van der Waals surface area contributed by atoms with Gasteiger partial charge >= 0.3 is 6.18 Å². The number of nitrogens with one attached hydrogen (secondary N) is 3. The second-order valence-electron chi connectivity index (χ2n) is 7.45. The predicted molar refractivity (Wildman–Crippen MR) is 129 cm³/mol. The van der Waals surface area contributed by atoms with Crippen molar-refractivity contribution in [3.63, 3.8) is 0 Å². The summed E-state index contributed by atoms with van der Waals surface area (Å²) in [6, 6.07) is 1.04. The maximum absolute atomic E-state index is 12.7. The van der Waals surface area contributed by atoms with Crippen molar-refractivity contribution in [2.75, 3.05) is 38.5 Å². The number of aromatic nitrogens is 2. The van der Waals surface area contributed by atoms with E-state index in [1.807, 2.05) is 18.7 Å². The number of aliphatic imine (C=N–C) groups is 1. The number of carbonyl (C=O) groups excluding carboxylic acids is 1. The van der Waals surface area contributed by atoms with Gasteiger partial charge in [0.1, 0.15) is 5.69 Å². The molecule has 1 aromatic rings. The van der Waals surface area contributed by atoms with Gasteiger partial charge in [-0.15, -0.1) is 24.0 Å². The summed E-state index contributed by atoms with van der Waals surface area (Å²) in [5.74, 6) is 0.881. The van der Waals surface area contributed by atoms with Gasteiger partial charge in [0.05, 0.1) is 0 Å². The first-order chi connectivity index (χ1) is 14.8. The maximum Gasteiger partial charge on any atom is 0.433 e. The number of alkyl halides is 3. The number of likely N-dealkylation sites (tertiary alicyclic amines) is 1. The summed E-state index contributed by atoms with van der Waals surface area (Å²) in [4.78, 5) is 25.9. The molecule has 0 atom stereocenters. The van der Waals surface area contributed by atoms with E-state index < -0.39 is 11.9 Å². The Morgan fingerprint density at radius 3 is 2.47 bits per heavy atom. The average Bonchev–Trinajstić information content (AvgIpc) is 2.76. The van der Waals surface area contributed by atoms with Gasteiger partial charge in [-0.1, -0.05) is 13.8 Å². The maximum atomic E-state index is 12.7. The number of amides is 1. The molecular formula is C20H33F3IN7O. The molecule has 2 rings (SSSR count). The Morgan fingerprint density at radius 1 is 1.25 bits per heavy atom. The van der Waals surface area contributed by atoms with Crippen LogP contribution in [0.5, 0.6) is 0 Å². The van der Waals surface area contributed by atoms with E-state index in [1.165, 1.54) is 0 Å². The topological polar surface area (TPSA) is 94.5 Å². The van der Waals surface area contributed by atoms with E-state index in [9.17, 15) is 18.0 Å². The molecule has 0 aromatic carbocycles. The van der Waals surface area contributed by atoms with Crippen molar-refractivity contribution in [1.29, 1.82) is 0 Å². The molecule has 32 heavy (non-hydrogen) atoms. The molecule has 8 nitrogen and oxygen atoms in total. The fraction of sp³-hybridized carbons (Fsp3) is 0.700. The molecule has 182 valence electrons. The Balaban J connectivity index is 0.00000512. The fourth-order valence-corrected chi connectivity index (χ4v) is 3.49. The number of carbonyl (C=O) groups is 1. The SMILES string of the molecule is CCC(CC)C(=O)N1CCC(NC(=NC)NCCNc2nccc(C(F)(F)F)n2)CC1.I. The van der Waals surface area contributed by atoms with Gasteiger partial charge in [-0.05, 0) is 31.7 Å². The third-order valence-corrected chi connectivity index (χ3v) is 5.35. The lowest BCUT2D eigenvalue weighted by molar-refractivity contribution is -0.141. The molecule has 0 saturated carbocycles. The highest BCUT2D eigenvalue weighted by Crippen LogP contribution is 2.27. The van der Waals surface area contributed by atoms with Gasteiger partial charge in [-0.3, -0.25) is 9.79 Å². The van der Waals surface area contributed by atoms with E-state index in [1.54, 1.807) is 7.05 Å². The normalized spacial score (nSPS) is 15.3. The number of anilines is 1. The molecule has 1 saturated heterocycles. The number of hydrogen-bond acceptors (Lipinski definition) is 5. The van der Waals surface area contributed by atoms with Crippen LogP contribution in [0.2, 0.25) is 0 Å². The molecule has 2 heterocycles. The Kier molecular flexibility index (Phi) is 12.0. The quantitative estimate of drug-likeness (QED) is 0.192. The Morgan fingerprint density at radius 2 is 1.91 bits per heavy atom. The summed E-state index contributed by atoms with van der Waals surface area (Å²) in [6.45, 7) is 6.28. The third-order valence-electron chi connectivity index (χ3n) is 5.35. The molecule has 0 aliphatic carbocycles. The summed E-state index contributed by atoms with van der Waals surface area (Å²) in [7, 11) is 1.66. The number of hydrogen-bond donors (Lipinski definition) is 3. The van der Waals surface area contributed by atoms with Crippen LogP contribution in [0.15, 0.2) is 17.3 Å². The van der Waals surface area contributed by atoms with E-state index in [-0.39, 0.29) is 47.8 Å². The number of nitrogens with zero attached hydrogens (tertiary/aromatic N) is 4. The molecule has 1 aliphatic rings. The lowest BCUT2D eigenvalue weighted by Crippen LogP contribution is -2.51. The lowest BCUT2D eigenvalue weighted by Gasteiger charge is -2.34. The Hall–Kier alpha value is -1.86. The molecule has 1 aromatic heterocycles. The van der Waals surface area contributed by atoms with E-state index in [2.05, 4.69) is 30.9 Å². The van der Waals surface area contributed by atoms with E-state index in [4.69, 9.17) is 0 Å². The predicted octanol–water partition coefficient (Wildman–Crippen LogP) is 3.12. The van der Waals surface area contributed by atoms with Crippen LogP contribution in [-0.4, -0.2) is 66.0 Å². The van der Waals surface area contributed by atoms with Crippen LogP contribution < -0.4 is 16.0 Å². The molecule has 1 fully saturated rings. The molecule has 1 aliphatic heterocycles. The molecule has 1 amide bonds. The minimum absolute atomic E-state index is 0. The van der Waals surface area contributed by atoms with E-state index in [0.717, 1.165) is 51.0 Å². The van der Waals surface area contributed by atoms with Crippen LogP contribution in [0.25, 0.3) is 0 Å². The van der Waals surface area contributed by atoms with Crippen molar-refractivity contribution >= 4 is 41.8 Å². The number of rotatable bonds is 8. The average molecular weight is 571 g/mol. The number of piperidine rings is 1. The lowest BCUT2D eigenvalue weighted by atomic mass is 9.98. The fourth-order valence-electron chi connectivity index (χ4n) is 3.49. The zero-order chi connectivity index (χ0) is 22.9. The van der Waals surface area contributed by atoms with Crippen molar-refractivity contribution < 1.29 is 18.0 Å². The molecule has 0 bridgehead atoms. The van der Waals surface area contributed by atoms with Crippen molar-refractivity contribution in [2.24, 2.45) is 10.9 Å². The zero-order valence-corrected chi connectivity index (χ0v) is 21.0. The largest absolute Gasteiger partial charge is 0.433 e. The highest BCUT2D eigenvalue weighted by molar-refractivity contribution is 14.0. The van der Waals surface area contributed by atoms with Gasteiger partial charge in [0.2, 0.25) is 11.9 Å². The molecular weight excluding hydrogens is 538 g/mol. The van der Waals surface area contributed by atoms with Crippen molar-refractivity contribution in [2.45, 2.75) is 51.7 Å². The van der Waals surface area contributed by atoms with Crippen LogP contribution in [0.4, 0.5) is 19.1 Å². The molecule has 0 radical (unpaired) electrons. The van der Waals surface area contributed by atoms with Gasteiger partial charge in [0.25, 0.3) is 0 Å². The van der Waals surface area contributed by atoms with Crippen LogP contribution in [0.3, 0.4) is 0 Å². The van der Waals surface area contributed by atoms with E-state index >= 15 is 0 Å². The van der Waals surface area contributed by atoms with Crippen LogP contribution in [-0.2, 0) is 11.0 Å².